The van der Waals surface area contributed by atoms with Crippen molar-refractivity contribution in [1.82, 2.24) is 5.32 Å². The molecule has 0 saturated carbocycles. The number of nitrogens with zero attached hydrogens (tertiary/aromatic N) is 2. The number of aryl methyl sites for hydroxylation is 1. The highest BCUT2D eigenvalue weighted by Gasteiger charge is 2.17. The molecular weight excluding hydrogens is 468 g/mol. The maximum absolute atomic E-state index is 11.8. The number of para-hydroxylation sites is 2. The lowest BCUT2D eigenvalue weighted by Crippen LogP contribution is -2.38. The Morgan fingerprint density at radius 2 is 1.78 bits per heavy atom. The van der Waals surface area contributed by atoms with Crippen LogP contribution in [0.15, 0.2) is 77.2 Å². The molecule has 1 amide bonds. The number of amides is 1. The summed E-state index contributed by atoms with van der Waals surface area (Å²) < 4.78 is 8.20. The number of hydrogen-bond acceptors (Lipinski definition) is 5. The topological polar surface area (TPSA) is 115 Å². The van der Waals surface area contributed by atoms with Gasteiger partial charge in [0.15, 0.2) is 0 Å². The number of unbranched alkanes of at least 4 members (excludes halogenated alkanes) is 2. The van der Waals surface area contributed by atoms with Crippen molar-refractivity contribution >= 4 is 34.6 Å². The van der Waals surface area contributed by atoms with Gasteiger partial charge in [-0.3, -0.25) is 14.9 Å². The van der Waals surface area contributed by atoms with E-state index in [2.05, 4.69) is 34.1 Å². The van der Waals surface area contributed by atoms with E-state index in [1.165, 1.54) is 6.07 Å². The van der Waals surface area contributed by atoms with Crippen molar-refractivity contribution in [2.24, 2.45) is 5.73 Å². The fourth-order valence-corrected chi connectivity index (χ4v) is 4.30. The summed E-state index contributed by atoms with van der Waals surface area (Å²) in [5, 5.41) is 15.3. The minimum atomic E-state index is -0.405. The average molecular weight is 500 g/mol. The molecule has 2 heterocycles. The Kier molecular flexibility index (Phi) is 8.78. The third-order valence-corrected chi connectivity index (χ3v) is 6.14. The van der Waals surface area contributed by atoms with Crippen molar-refractivity contribution in [3.05, 3.63) is 94.4 Å². The van der Waals surface area contributed by atoms with Crippen LogP contribution in [0.2, 0.25) is 0 Å². The minimum Gasteiger partial charge on any atom is -0.456 e. The lowest BCUT2D eigenvalue weighted by Gasteiger charge is -2.06. The highest BCUT2D eigenvalue weighted by atomic mass is 16.6. The number of nitro benzene ring substituents is 1. The molecule has 3 N–H and O–H groups in total. The van der Waals surface area contributed by atoms with Gasteiger partial charge in [0.05, 0.1) is 10.5 Å². The van der Waals surface area contributed by atoms with Crippen LogP contribution in [0, 0.1) is 10.1 Å². The fourth-order valence-electron chi connectivity index (χ4n) is 4.30. The van der Waals surface area contributed by atoms with E-state index in [4.69, 9.17) is 10.2 Å². The molecule has 8 nitrogen and oxygen atoms in total. The van der Waals surface area contributed by atoms with Gasteiger partial charge in [-0.25, -0.2) is 0 Å². The molecule has 0 bridgehead atoms. The Hall–Kier alpha value is -4.30. The highest BCUT2D eigenvalue weighted by molar-refractivity contribution is 5.77. The van der Waals surface area contributed by atoms with Gasteiger partial charge in [-0.05, 0) is 49.2 Å². The molecule has 0 spiro atoms. The normalized spacial score (nSPS) is 11.3. The Bertz CT molecular complexity index is 1410. The zero-order valence-electron chi connectivity index (χ0n) is 20.6. The lowest BCUT2D eigenvalue weighted by molar-refractivity contribution is -0.673. The molecule has 0 radical (unpaired) electrons. The van der Waals surface area contributed by atoms with E-state index in [1.54, 1.807) is 24.3 Å². The monoisotopic (exact) mass is 499 g/mol. The number of benzene rings is 2. The number of pyridine rings is 1. The zero-order chi connectivity index (χ0) is 26.0. The van der Waals surface area contributed by atoms with Crippen LogP contribution < -0.4 is 15.6 Å². The van der Waals surface area contributed by atoms with Crippen LogP contribution in [0.4, 0.5) is 5.69 Å². The summed E-state index contributed by atoms with van der Waals surface area (Å²) in [7, 11) is 0. The van der Waals surface area contributed by atoms with Gasteiger partial charge in [-0.2, -0.15) is 4.57 Å². The van der Waals surface area contributed by atoms with Crippen molar-refractivity contribution in [3.8, 4) is 11.3 Å². The van der Waals surface area contributed by atoms with Crippen molar-refractivity contribution in [2.45, 2.75) is 32.2 Å². The van der Waals surface area contributed by atoms with Gasteiger partial charge in [-0.1, -0.05) is 24.3 Å². The van der Waals surface area contributed by atoms with Crippen molar-refractivity contribution in [2.75, 3.05) is 13.1 Å². The SMILES string of the molecule is NCCNC(=O)CCCCC[n+]1c(/C=C/c2ccc(-c3ccccc3[N+](=O)[O-])o2)ccc2ccccc21. The first kappa shape index (κ1) is 25.8. The largest absolute Gasteiger partial charge is 0.456 e. The fraction of sp³-hybridized carbons (Fsp3) is 0.241. The molecule has 190 valence electrons. The van der Waals surface area contributed by atoms with E-state index in [0.29, 0.717) is 36.6 Å². The number of carbonyl (C=O) groups is 1. The van der Waals surface area contributed by atoms with E-state index >= 15 is 0 Å². The number of furan rings is 1. The molecular formula is C29H31N4O4+. The molecule has 0 aliphatic heterocycles. The van der Waals surface area contributed by atoms with E-state index in [1.807, 2.05) is 30.4 Å². The number of fused-ring (bicyclic) bond motifs is 1. The summed E-state index contributed by atoms with van der Waals surface area (Å²) in [6, 6.07) is 22.5. The molecule has 8 heteroatoms. The summed E-state index contributed by atoms with van der Waals surface area (Å²) in [5.41, 5.74) is 8.04. The number of nitrogens with one attached hydrogen (secondary N) is 1. The van der Waals surface area contributed by atoms with Crippen LogP contribution >= 0.6 is 0 Å². The van der Waals surface area contributed by atoms with Crippen molar-refractivity contribution in [1.29, 1.82) is 0 Å². The molecule has 0 atom stereocenters. The minimum absolute atomic E-state index is 0.0108. The Balaban J connectivity index is 1.49. The molecule has 0 aliphatic carbocycles. The smallest absolute Gasteiger partial charge is 0.280 e. The van der Waals surface area contributed by atoms with Crippen molar-refractivity contribution < 1.29 is 18.7 Å². The third-order valence-electron chi connectivity index (χ3n) is 6.14. The van der Waals surface area contributed by atoms with Gasteiger partial charge in [0.25, 0.3) is 5.69 Å². The van der Waals surface area contributed by atoms with E-state index in [-0.39, 0.29) is 11.6 Å². The van der Waals surface area contributed by atoms with Gasteiger partial charge in [-0.15, -0.1) is 0 Å². The second-order valence-corrected chi connectivity index (χ2v) is 8.73. The molecule has 0 saturated heterocycles. The maximum atomic E-state index is 11.8. The number of nitro groups is 1. The van der Waals surface area contributed by atoms with Crippen LogP contribution in [-0.4, -0.2) is 23.9 Å². The number of rotatable bonds is 12. The number of aromatic nitrogens is 1. The third kappa shape index (κ3) is 6.68. The summed E-state index contributed by atoms with van der Waals surface area (Å²) in [5.74, 6) is 1.11. The van der Waals surface area contributed by atoms with Gasteiger partial charge >= 0.3 is 0 Å². The standard InChI is InChI=1S/C29H30N4O4/c30-19-20-31-29(34)12-2-1-7-21-32-23(14-13-22-8-3-5-10-26(22)32)15-16-24-17-18-28(37-24)25-9-4-6-11-27(25)33(35)36/h3-6,8-11,13-18H,1-2,7,12,19-21,30H2/p+1/b16-15+. The molecule has 0 unspecified atom stereocenters. The van der Waals surface area contributed by atoms with Crippen LogP contribution in [0.25, 0.3) is 34.4 Å². The molecule has 0 aliphatic rings. The highest BCUT2D eigenvalue weighted by Crippen LogP contribution is 2.31. The molecule has 2 aromatic carbocycles. The Labute approximate surface area is 215 Å². The number of hydrogen-bond donors (Lipinski definition) is 2. The lowest BCUT2D eigenvalue weighted by atomic mass is 10.1. The number of carbonyl (C=O) groups excluding carboxylic acids is 1. The zero-order valence-corrected chi connectivity index (χ0v) is 20.6. The summed E-state index contributed by atoms with van der Waals surface area (Å²) in [4.78, 5) is 22.8. The maximum Gasteiger partial charge on any atom is 0.280 e. The van der Waals surface area contributed by atoms with E-state index < -0.39 is 4.92 Å². The average Bonchev–Trinajstić information content (AvgIpc) is 3.39. The number of nitrogens with two attached hydrogens (primary N) is 1. The molecule has 37 heavy (non-hydrogen) atoms. The predicted octanol–water partition coefficient (Wildman–Crippen LogP) is 5.10. The quantitative estimate of drug-likeness (QED) is 0.122. The first-order valence-corrected chi connectivity index (χ1v) is 12.5. The van der Waals surface area contributed by atoms with E-state index in [0.717, 1.165) is 42.4 Å². The van der Waals surface area contributed by atoms with Crippen LogP contribution in [0.3, 0.4) is 0 Å². The summed E-state index contributed by atoms with van der Waals surface area (Å²) in [6.45, 7) is 1.77. The van der Waals surface area contributed by atoms with Gasteiger partial charge in [0.2, 0.25) is 17.1 Å². The predicted molar refractivity (Wildman–Crippen MR) is 144 cm³/mol. The van der Waals surface area contributed by atoms with Gasteiger partial charge in [0.1, 0.15) is 18.1 Å². The van der Waals surface area contributed by atoms with Crippen molar-refractivity contribution in [3.63, 3.8) is 0 Å². The molecule has 4 rings (SSSR count). The summed E-state index contributed by atoms with van der Waals surface area (Å²) >= 11 is 0. The molecule has 4 aromatic rings. The van der Waals surface area contributed by atoms with Crippen LogP contribution in [0.1, 0.15) is 37.1 Å². The summed E-state index contributed by atoms with van der Waals surface area (Å²) in [6.07, 6.45) is 7.08. The van der Waals surface area contributed by atoms with Crippen LogP contribution in [-0.2, 0) is 11.3 Å². The Morgan fingerprint density at radius 1 is 0.973 bits per heavy atom. The Morgan fingerprint density at radius 3 is 2.62 bits per heavy atom. The second-order valence-electron chi connectivity index (χ2n) is 8.73. The first-order valence-electron chi connectivity index (χ1n) is 12.5. The van der Waals surface area contributed by atoms with E-state index in [9.17, 15) is 14.9 Å². The van der Waals surface area contributed by atoms with Gasteiger partial charge in [0, 0.05) is 55.6 Å². The molecule has 0 fully saturated rings. The first-order chi connectivity index (χ1) is 18.1. The van der Waals surface area contributed by atoms with Gasteiger partial charge < -0.3 is 15.5 Å². The molecule has 2 aromatic heterocycles. The second kappa shape index (κ2) is 12.6. The van der Waals surface area contributed by atoms with Crippen LogP contribution in [0.5, 0.6) is 0 Å².